The highest BCUT2D eigenvalue weighted by Gasteiger charge is 2.32. The highest BCUT2D eigenvalue weighted by atomic mass is 16.1. The van der Waals surface area contributed by atoms with Crippen LogP contribution in [0.2, 0.25) is 0 Å². The molecule has 2 aliphatic carbocycles. The molecule has 2 rings (SSSR count). The van der Waals surface area contributed by atoms with E-state index in [0.29, 0.717) is 5.78 Å². The van der Waals surface area contributed by atoms with Crippen LogP contribution in [0, 0.1) is 11.8 Å². The maximum Gasteiger partial charge on any atom is 0.133 e. The van der Waals surface area contributed by atoms with Gasteiger partial charge in [-0.05, 0) is 24.7 Å². The van der Waals surface area contributed by atoms with Crippen LogP contribution in [0.1, 0.15) is 38.5 Å². The number of fused-ring (bicyclic) bond motifs is 1. The lowest BCUT2D eigenvalue weighted by Gasteiger charge is -2.23. The molecule has 2 aliphatic rings. The van der Waals surface area contributed by atoms with Crippen molar-refractivity contribution in [1.82, 2.24) is 0 Å². The smallest absolute Gasteiger partial charge is 0.133 e. The second kappa shape index (κ2) is 2.37. The first-order valence-electron chi connectivity index (χ1n) is 4.38. The highest BCUT2D eigenvalue weighted by Crippen LogP contribution is 2.40. The fourth-order valence-corrected chi connectivity index (χ4v) is 2.50. The molecule has 0 spiro atoms. The summed E-state index contributed by atoms with van der Waals surface area (Å²) in [7, 11) is 0. The maximum atomic E-state index is 11.0. The Morgan fingerprint density at radius 1 is 1.10 bits per heavy atom. The zero-order valence-corrected chi connectivity index (χ0v) is 6.31. The minimum Gasteiger partial charge on any atom is -0.300 e. The van der Waals surface area contributed by atoms with E-state index in [0.717, 1.165) is 24.7 Å². The van der Waals surface area contributed by atoms with Crippen molar-refractivity contribution >= 4 is 5.78 Å². The lowest BCUT2D eigenvalue weighted by Crippen LogP contribution is -2.19. The van der Waals surface area contributed by atoms with Crippen LogP contribution in [0.15, 0.2) is 0 Å². The van der Waals surface area contributed by atoms with E-state index in [1.807, 2.05) is 0 Å². The van der Waals surface area contributed by atoms with Gasteiger partial charge in [0.15, 0.2) is 0 Å². The first kappa shape index (κ1) is 6.38. The van der Waals surface area contributed by atoms with E-state index in [2.05, 4.69) is 0 Å². The van der Waals surface area contributed by atoms with Crippen LogP contribution in [0.25, 0.3) is 0 Å². The molecular formula is C9H14O. The minimum atomic E-state index is 0.517. The molecule has 0 heterocycles. The number of Topliss-reactive ketones (excluding diaryl/α,β-unsaturated/α-hetero) is 1. The third-order valence-corrected chi connectivity index (χ3v) is 3.10. The molecule has 2 atom stereocenters. The van der Waals surface area contributed by atoms with Crippen LogP contribution < -0.4 is 0 Å². The number of carbonyl (C=O) groups excluding carboxylic acids is 1. The van der Waals surface area contributed by atoms with Gasteiger partial charge in [0.25, 0.3) is 0 Å². The summed E-state index contributed by atoms with van der Waals surface area (Å²) in [4.78, 5) is 11.0. The molecule has 2 fully saturated rings. The number of rotatable bonds is 0. The topological polar surface area (TPSA) is 17.1 Å². The standard InChI is InChI=1S/C9H14O/c10-9-5-4-7-2-1-3-8(7)6-9/h7-8H,1-6H2. The van der Waals surface area contributed by atoms with Gasteiger partial charge in [-0.1, -0.05) is 12.8 Å². The molecule has 0 N–H and O–H groups in total. The average Bonchev–Trinajstić information content (AvgIpc) is 2.33. The molecule has 0 aromatic heterocycles. The van der Waals surface area contributed by atoms with E-state index in [-0.39, 0.29) is 0 Å². The first-order valence-corrected chi connectivity index (χ1v) is 4.38. The number of hydrogen-bond acceptors (Lipinski definition) is 1. The fraction of sp³-hybridized carbons (Fsp3) is 0.889. The Bertz CT molecular complexity index is 151. The lowest BCUT2D eigenvalue weighted by molar-refractivity contribution is -0.122. The summed E-state index contributed by atoms with van der Waals surface area (Å²) in [5.41, 5.74) is 0. The third kappa shape index (κ3) is 0.979. The molecule has 0 aliphatic heterocycles. The van der Waals surface area contributed by atoms with Crippen molar-refractivity contribution in [3.63, 3.8) is 0 Å². The van der Waals surface area contributed by atoms with Gasteiger partial charge in [0.2, 0.25) is 0 Å². The van der Waals surface area contributed by atoms with Crippen molar-refractivity contribution in [3.8, 4) is 0 Å². The zero-order chi connectivity index (χ0) is 6.97. The molecule has 0 aromatic carbocycles. The van der Waals surface area contributed by atoms with Crippen LogP contribution >= 0.6 is 0 Å². The molecule has 2 saturated carbocycles. The molecule has 1 nitrogen and oxygen atoms in total. The van der Waals surface area contributed by atoms with Crippen molar-refractivity contribution in [2.75, 3.05) is 0 Å². The van der Waals surface area contributed by atoms with E-state index in [1.165, 1.54) is 25.7 Å². The number of carbonyl (C=O) groups is 1. The van der Waals surface area contributed by atoms with Gasteiger partial charge in [0, 0.05) is 12.8 Å². The molecule has 2 unspecified atom stereocenters. The Kier molecular flexibility index (Phi) is 1.51. The van der Waals surface area contributed by atoms with Gasteiger partial charge in [0.1, 0.15) is 5.78 Å². The quantitative estimate of drug-likeness (QED) is 0.501. The fourth-order valence-electron chi connectivity index (χ4n) is 2.50. The van der Waals surface area contributed by atoms with Crippen LogP contribution in [-0.2, 0) is 4.79 Å². The van der Waals surface area contributed by atoms with Crippen molar-refractivity contribution in [2.24, 2.45) is 11.8 Å². The molecule has 0 bridgehead atoms. The summed E-state index contributed by atoms with van der Waals surface area (Å²) in [5.74, 6) is 2.24. The lowest BCUT2D eigenvalue weighted by atomic mass is 9.81. The molecule has 10 heavy (non-hydrogen) atoms. The van der Waals surface area contributed by atoms with E-state index in [9.17, 15) is 4.79 Å². The Balaban J connectivity index is 2.03. The second-order valence-corrected chi connectivity index (χ2v) is 3.73. The molecule has 0 amide bonds. The molecule has 0 radical (unpaired) electrons. The van der Waals surface area contributed by atoms with E-state index in [1.54, 1.807) is 0 Å². The Morgan fingerprint density at radius 2 is 1.90 bits per heavy atom. The van der Waals surface area contributed by atoms with Crippen LogP contribution in [0.5, 0.6) is 0 Å². The van der Waals surface area contributed by atoms with Gasteiger partial charge < -0.3 is 0 Å². The molecule has 0 aromatic rings. The van der Waals surface area contributed by atoms with Crippen molar-refractivity contribution < 1.29 is 4.79 Å². The molecule has 0 saturated heterocycles. The van der Waals surface area contributed by atoms with Gasteiger partial charge in [0.05, 0.1) is 0 Å². The summed E-state index contributed by atoms with van der Waals surface area (Å²) in [6.07, 6.45) is 7.09. The van der Waals surface area contributed by atoms with Crippen molar-refractivity contribution in [1.29, 1.82) is 0 Å². The van der Waals surface area contributed by atoms with Crippen molar-refractivity contribution in [2.45, 2.75) is 38.5 Å². The van der Waals surface area contributed by atoms with Gasteiger partial charge in [-0.2, -0.15) is 0 Å². The Labute approximate surface area is 61.8 Å². The highest BCUT2D eigenvalue weighted by molar-refractivity contribution is 5.79. The molecular weight excluding hydrogens is 124 g/mol. The predicted molar refractivity (Wildman–Crippen MR) is 39.7 cm³/mol. The monoisotopic (exact) mass is 138 g/mol. The summed E-state index contributed by atoms with van der Waals surface area (Å²) in [6, 6.07) is 0. The Hall–Kier alpha value is -0.330. The van der Waals surface area contributed by atoms with Crippen molar-refractivity contribution in [3.05, 3.63) is 0 Å². The average molecular weight is 138 g/mol. The molecule has 1 heteroatoms. The van der Waals surface area contributed by atoms with Gasteiger partial charge in [-0.15, -0.1) is 0 Å². The number of hydrogen-bond donors (Lipinski definition) is 0. The van der Waals surface area contributed by atoms with Crippen LogP contribution in [0.4, 0.5) is 0 Å². The minimum absolute atomic E-state index is 0.517. The van der Waals surface area contributed by atoms with E-state index in [4.69, 9.17) is 0 Å². The summed E-state index contributed by atoms with van der Waals surface area (Å²) in [5, 5.41) is 0. The van der Waals surface area contributed by atoms with Crippen LogP contribution in [-0.4, -0.2) is 5.78 Å². The van der Waals surface area contributed by atoms with Gasteiger partial charge in [-0.3, -0.25) is 4.79 Å². The van der Waals surface area contributed by atoms with Gasteiger partial charge in [-0.25, -0.2) is 0 Å². The second-order valence-electron chi connectivity index (χ2n) is 3.73. The maximum absolute atomic E-state index is 11.0. The summed E-state index contributed by atoms with van der Waals surface area (Å²) < 4.78 is 0. The van der Waals surface area contributed by atoms with Gasteiger partial charge >= 0.3 is 0 Å². The van der Waals surface area contributed by atoms with Crippen LogP contribution in [0.3, 0.4) is 0 Å². The van der Waals surface area contributed by atoms with E-state index >= 15 is 0 Å². The third-order valence-electron chi connectivity index (χ3n) is 3.10. The predicted octanol–water partition coefficient (Wildman–Crippen LogP) is 2.16. The summed E-state index contributed by atoms with van der Waals surface area (Å²) in [6.45, 7) is 0. The SMILES string of the molecule is O=C1CCC2CCCC2C1. The number of ketones is 1. The normalized spacial score (nSPS) is 39.8. The molecule has 56 valence electrons. The van der Waals surface area contributed by atoms with E-state index < -0.39 is 0 Å². The first-order chi connectivity index (χ1) is 4.86. The largest absolute Gasteiger partial charge is 0.300 e. The Morgan fingerprint density at radius 3 is 2.80 bits per heavy atom. The summed E-state index contributed by atoms with van der Waals surface area (Å²) >= 11 is 0. The zero-order valence-electron chi connectivity index (χ0n) is 6.31.